The number of methoxy groups -OCH3 is 1. The third-order valence-electron chi connectivity index (χ3n) is 1.51. The van der Waals surface area contributed by atoms with Crippen LogP contribution in [0, 0.1) is 0 Å². The molecule has 0 atom stereocenters. The standard InChI is InChI=1S/C8H9Cl2NO/c1-11-7-3-6(10)8(12-2)4-5(7)9/h3-4,11H,1-2H3. The molecular weight excluding hydrogens is 197 g/mol. The summed E-state index contributed by atoms with van der Waals surface area (Å²) in [6, 6.07) is 3.40. The van der Waals surface area contributed by atoms with Crippen LogP contribution in [0.4, 0.5) is 5.69 Å². The van der Waals surface area contributed by atoms with E-state index in [2.05, 4.69) is 5.32 Å². The molecule has 1 N–H and O–H groups in total. The second-order valence-corrected chi connectivity index (χ2v) is 3.03. The third-order valence-corrected chi connectivity index (χ3v) is 2.12. The zero-order valence-electron chi connectivity index (χ0n) is 6.82. The van der Waals surface area contributed by atoms with Gasteiger partial charge in [-0.3, -0.25) is 0 Å². The first-order valence-electron chi connectivity index (χ1n) is 3.40. The average Bonchev–Trinajstić information content (AvgIpc) is 2.08. The molecule has 0 aliphatic heterocycles. The summed E-state index contributed by atoms with van der Waals surface area (Å²) in [5, 5.41) is 4.06. The normalized spacial score (nSPS) is 9.67. The summed E-state index contributed by atoms with van der Waals surface area (Å²) in [6.45, 7) is 0. The van der Waals surface area contributed by atoms with Crippen molar-refractivity contribution in [3.8, 4) is 5.75 Å². The van der Waals surface area contributed by atoms with E-state index >= 15 is 0 Å². The zero-order chi connectivity index (χ0) is 9.14. The molecule has 0 spiro atoms. The molecule has 1 rings (SSSR count). The smallest absolute Gasteiger partial charge is 0.139 e. The molecule has 66 valence electrons. The molecule has 0 aliphatic carbocycles. The Morgan fingerprint density at radius 3 is 2.42 bits per heavy atom. The molecule has 4 heteroatoms. The van der Waals surface area contributed by atoms with Crippen LogP contribution in [0.25, 0.3) is 0 Å². The van der Waals surface area contributed by atoms with E-state index in [0.29, 0.717) is 15.8 Å². The van der Waals surface area contributed by atoms with Gasteiger partial charge in [-0.25, -0.2) is 0 Å². The second kappa shape index (κ2) is 3.87. The molecule has 0 heterocycles. The molecule has 0 fully saturated rings. The molecule has 0 saturated heterocycles. The summed E-state index contributed by atoms with van der Waals surface area (Å²) < 4.78 is 4.98. The quantitative estimate of drug-likeness (QED) is 0.802. The van der Waals surface area contributed by atoms with Gasteiger partial charge in [-0.1, -0.05) is 23.2 Å². The molecule has 1 aromatic rings. The van der Waals surface area contributed by atoms with Gasteiger partial charge in [0, 0.05) is 13.1 Å². The molecule has 1 aromatic carbocycles. The van der Waals surface area contributed by atoms with E-state index < -0.39 is 0 Å². The van der Waals surface area contributed by atoms with Gasteiger partial charge in [-0.05, 0) is 6.07 Å². The Bertz CT molecular complexity index is 259. The van der Waals surface area contributed by atoms with Gasteiger partial charge in [-0.15, -0.1) is 0 Å². The van der Waals surface area contributed by atoms with Crippen molar-refractivity contribution in [2.45, 2.75) is 0 Å². The van der Waals surface area contributed by atoms with E-state index in [0.717, 1.165) is 5.69 Å². The van der Waals surface area contributed by atoms with Crippen LogP contribution in [-0.4, -0.2) is 14.2 Å². The molecule has 0 aromatic heterocycles. The minimum Gasteiger partial charge on any atom is -0.495 e. The Hall–Kier alpha value is -0.600. The van der Waals surface area contributed by atoms with Crippen LogP contribution in [0.3, 0.4) is 0 Å². The van der Waals surface area contributed by atoms with E-state index in [9.17, 15) is 0 Å². The molecule has 0 radical (unpaired) electrons. The van der Waals surface area contributed by atoms with Gasteiger partial charge in [0.1, 0.15) is 5.75 Å². The molecular formula is C8H9Cl2NO. The number of hydrogen-bond acceptors (Lipinski definition) is 2. The van der Waals surface area contributed by atoms with Gasteiger partial charge < -0.3 is 10.1 Å². The van der Waals surface area contributed by atoms with Crippen molar-refractivity contribution < 1.29 is 4.74 Å². The van der Waals surface area contributed by atoms with Gasteiger partial charge in [0.05, 0.1) is 22.8 Å². The molecule has 0 saturated carbocycles. The Balaban J connectivity index is 3.16. The molecule has 0 amide bonds. The number of rotatable bonds is 2. The van der Waals surface area contributed by atoms with E-state index in [1.54, 1.807) is 26.3 Å². The van der Waals surface area contributed by atoms with Crippen LogP contribution >= 0.6 is 23.2 Å². The fourth-order valence-corrected chi connectivity index (χ4v) is 1.37. The van der Waals surface area contributed by atoms with Crippen LogP contribution in [0.2, 0.25) is 10.0 Å². The number of benzene rings is 1. The number of halogens is 2. The van der Waals surface area contributed by atoms with Crippen LogP contribution in [0.1, 0.15) is 0 Å². The first-order chi connectivity index (χ1) is 5.69. The fraction of sp³-hybridized carbons (Fsp3) is 0.250. The van der Waals surface area contributed by atoms with E-state index in [4.69, 9.17) is 27.9 Å². The van der Waals surface area contributed by atoms with Crippen LogP contribution < -0.4 is 10.1 Å². The summed E-state index contributed by atoms with van der Waals surface area (Å²) in [5.41, 5.74) is 0.794. The topological polar surface area (TPSA) is 21.3 Å². The highest BCUT2D eigenvalue weighted by atomic mass is 35.5. The van der Waals surface area contributed by atoms with Gasteiger partial charge in [0.15, 0.2) is 0 Å². The number of hydrogen-bond donors (Lipinski definition) is 1. The lowest BCUT2D eigenvalue weighted by Crippen LogP contribution is -1.91. The summed E-state index contributed by atoms with van der Waals surface area (Å²) in [4.78, 5) is 0. The summed E-state index contributed by atoms with van der Waals surface area (Å²) >= 11 is 11.7. The van der Waals surface area contributed by atoms with Gasteiger partial charge in [-0.2, -0.15) is 0 Å². The van der Waals surface area contributed by atoms with Crippen molar-refractivity contribution in [3.05, 3.63) is 22.2 Å². The molecule has 0 bridgehead atoms. The highest BCUT2D eigenvalue weighted by Crippen LogP contribution is 2.33. The van der Waals surface area contributed by atoms with Crippen molar-refractivity contribution in [2.75, 3.05) is 19.5 Å². The van der Waals surface area contributed by atoms with E-state index in [1.165, 1.54) is 0 Å². The van der Waals surface area contributed by atoms with Crippen LogP contribution in [-0.2, 0) is 0 Å². The largest absolute Gasteiger partial charge is 0.495 e. The number of anilines is 1. The van der Waals surface area contributed by atoms with Gasteiger partial charge in [0.2, 0.25) is 0 Å². The maximum atomic E-state index is 5.88. The third kappa shape index (κ3) is 1.76. The first kappa shape index (κ1) is 9.49. The fourth-order valence-electron chi connectivity index (χ4n) is 0.877. The predicted molar refractivity (Wildman–Crippen MR) is 52.6 cm³/mol. The SMILES string of the molecule is CNc1cc(Cl)c(OC)cc1Cl. The average molecular weight is 206 g/mol. The van der Waals surface area contributed by atoms with Crippen molar-refractivity contribution >= 4 is 28.9 Å². The Morgan fingerprint density at radius 1 is 1.25 bits per heavy atom. The van der Waals surface area contributed by atoms with E-state index in [-0.39, 0.29) is 0 Å². The van der Waals surface area contributed by atoms with Crippen molar-refractivity contribution in [1.29, 1.82) is 0 Å². The summed E-state index contributed by atoms with van der Waals surface area (Å²) in [5.74, 6) is 0.584. The highest BCUT2D eigenvalue weighted by Gasteiger charge is 2.05. The zero-order valence-corrected chi connectivity index (χ0v) is 8.33. The molecule has 0 unspecified atom stereocenters. The lowest BCUT2D eigenvalue weighted by atomic mass is 10.3. The maximum Gasteiger partial charge on any atom is 0.139 e. The summed E-state index contributed by atoms with van der Waals surface area (Å²) in [6.07, 6.45) is 0. The minimum absolute atomic E-state index is 0.547. The first-order valence-corrected chi connectivity index (χ1v) is 4.15. The second-order valence-electron chi connectivity index (χ2n) is 2.22. The van der Waals surface area contributed by atoms with Crippen LogP contribution in [0.5, 0.6) is 5.75 Å². The predicted octanol–water partition coefficient (Wildman–Crippen LogP) is 3.04. The van der Waals surface area contributed by atoms with Crippen molar-refractivity contribution in [2.24, 2.45) is 0 Å². The highest BCUT2D eigenvalue weighted by molar-refractivity contribution is 6.36. The van der Waals surface area contributed by atoms with Crippen molar-refractivity contribution in [3.63, 3.8) is 0 Å². The summed E-state index contributed by atoms with van der Waals surface area (Å²) in [7, 11) is 3.33. The number of nitrogens with one attached hydrogen (secondary N) is 1. The Kier molecular flexibility index (Phi) is 3.06. The Labute approximate surface area is 81.4 Å². The number of ether oxygens (including phenoxy) is 1. The molecule has 0 aliphatic rings. The van der Waals surface area contributed by atoms with Gasteiger partial charge >= 0.3 is 0 Å². The molecule has 2 nitrogen and oxygen atoms in total. The monoisotopic (exact) mass is 205 g/mol. The van der Waals surface area contributed by atoms with Gasteiger partial charge in [0.25, 0.3) is 0 Å². The minimum atomic E-state index is 0.547. The van der Waals surface area contributed by atoms with Crippen LogP contribution in [0.15, 0.2) is 12.1 Å². The maximum absolute atomic E-state index is 5.88. The van der Waals surface area contributed by atoms with E-state index in [1.807, 2.05) is 0 Å². The lowest BCUT2D eigenvalue weighted by Gasteiger charge is -2.07. The molecule has 12 heavy (non-hydrogen) atoms. The Morgan fingerprint density at radius 2 is 1.92 bits per heavy atom. The lowest BCUT2D eigenvalue weighted by molar-refractivity contribution is 0.415. The van der Waals surface area contributed by atoms with Crippen molar-refractivity contribution in [1.82, 2.24) is 0 Å².